The number of benzene rings is 1. The highest BCUT2D eigenvalue weighted by atomic mass is 32.2. The van der Waals surface area contributed by atoms with Gasteiger partial charge in [-0.15, -0.1) is 11.8 Å². The van der Waals surface area contributed by atoms with Crippen molar-refractivity contribution in [2.45, 2.75) is 4.90 Å². The first kappa shape index (κ1) is 12.9. The van der Waals surface area contributed by atoms with Gasteiger partial charge in [0.05, 0.1) is 19.3 Å². The van der Waals surface area contributed by atoms with Crippen molar-refractivity contribution in [1.82, 2.24) is 0 Å². The Hall–Kier alpha value is -1.20. The Labute approximate surface area is 99.1 Å². The molecule has 0 unspecified atom stereocenters. The Bertz CT molecular complexity index is 368. The number of carbonyl (C=O) groups excluding carboxylic acids is 1. The van der Waals surface area contributed by atoms with E-state index in [1.54, 1.807) is 25.3 Å². The summed E-state index contributed by atoms with van der Waals surface area (Å²) in [5.41, 5.74) is 6.92. The van der Waals surface area contributed by atoms with Gasteiger partial charge in [-0.3, -0.25) is 0 Å². The normalized spacial score (nSPS) is 10.1. The summed E-state index contributed by atoms with van der Waals surface area (Å²) in [5, 5.41) is 0. The molecule has 4 nitrogen and oxygen atoms in total. The number of hydrogen-bond acceptors (Lipinski definition) is 5. The number of thioether (sulfide) groups is 1. The molecule has 0 saturated carbocycles. The van der Waals surface area contributed by atoms with Crippen molar-refractivity contribution in [3.8, 4) is 0 Å². The average molecular weight is 241 g/mol. The molecule has 0 aromatic heterocycles. The van der Waals surface area contributed by atoms with E-state index >= 15 is 0 Å². The monoisotopic (exact) mass is 241 g/mol. The summed E-state index contributed by atoms with van der Waals surface area (Å²) in [6.45, 7) is 0.611. The summed E-state index contributed by atoms with van der Waals surface area (Å²) < 4.78 is 9.65. The maximum absolute atomic E-state index is 11.5. The quantitative estimate of drug-likeness (QED) is 0.368. The lowest BCUT2D eigenvalue weighted by atomic mass is 10.2. The van der Waals surface area contributed by atoms with Crippen molar-refractivity contribution < 1.29 is 14.3 Å². The Morgan fingerprint density at radius 3 is 2.81 bits per heavy atom. The summed E-state index contributed by atoms with van der Waals surface area (Å²) >= 11 is 1.49. The predicted octanol–water partition coefficient (Wildman–Crippen LogP) is 1.79. The van der Waals surface area contributed by atoms with Gasteiger partial charge in [0, 0.05) is 23.4 Å². The molecule has 0 heterocycles. The van der Waals surface area contributed by atoms with Gasteiger partial charge < -0.3 is 15.2 Å². The fourth-order valence-electron chi connectivity index (χ4n) is 1.21. The number of carbonyl (C=O) groups is 1. The zero-order valence-corrected chi connectivity index (χ0v) is 10.2. The van der Waals surface area contributed by atoms with Gasteiger partial charge in [0.15, 0.2) is 0 Å². The Morgan fingerprint density at radius 2 is 2.19 bits per heavy atom. The van der Waals surface area contributed by atoms with E-state index in [1.807, 2.05) is 0 Å². The molecule has 0 bridgehead atoms. The third kappa shape index (κ3) is 3.15. The van der Waals surface area contributed by atoms with Crippen LogP contribution in [0.3, 0.4) is 0 Å². The van der Waals surface area contributed by atoms with Crippen LogP contribution in [0.15, 0.2) is 23.1 Å². The van der Waals surface area contributed by atoms with Gasteiger partial charge in [-0.25, -0.2) is 4.79 Å². The minimum Gasteiger partial charge on any atom is -0.465 e. The van der Waals surface area contributed by atoms with E-state index in [0.29, 0.717) is 17.9 Å². The number of hydrogen-bond donors (Lipinski definition) is 1. The maximum Gasteiger partial charge on any atom is 0.339 e. The van der Waals surface area contributed by atoms with Gasteiger partial charge in [-0.05, 0) is 12.1 Å². The number of methoxy groups -OCH3 is 2. The molecule has 0 aliphatic rings. The van der Waals surface area contributed by atoms with Gasteiger partial charge in [0.1, 0.15) is 0 Å². The van der Waals surface area contributed by atoms with E-state index < -0.39 is 0 Å². The van der Waals surface area contributed by atoms with E-state index in [1.165, 1.54) is 18.9 Å². The molecule has 0 aliphatic carbocycles. The molecule has 0 saturated heterocycles. The fourth-order valence-corrected chi connectivity index (χ4v) is 2.21. The van der Waals surface area contributed by atoms with Crippen molar-refractivity contribution in [3.63, 3.8) is 0 Å². The Balaban J connectivity index is 2.90. The zero-order chi connectivity index (χ0) is 12.0. The number of anilines is 1. The van der Waals surface area contributed by atoms with E-state index in [4.69, 9.17) is 15.2 Å². The summed E-state index contributed by atoms with van der Waals surface area (Å²) in [5.74, 6) is 0.376. The molecule has 88 valence electrons. The highest BCUT2D eigenvalue weighted by Crippen LogP contribution is 2.29. The molecule has 1 rings (SSSR count). The molecule has 0 spiro atoms. The van der Waals surface area contributed by atoms with Gasteiger partial charge in [-0.1, -0.05) is 6.07 Å². The van der Waals surface area contributed by atoms with Gasteiger partial charge >= 0.3 is 5.97 Å². The van der Waals surface area contributed by atoms with Crippen molar-refractivity contribution in [3.05, 3.63) is 23.8 Å². The molecule has 0 radical (unpaired) electrons. The summed E-state index contributed by atoms with van der Waals surface area (Å²) in [4.78, 5) is 12.3. The highest BCUT2D eigenvalue weighted by Gasteiger charge is 2.14. The van der Waals surface area contributed by atoms with Crippen LogP contribution in [0.25, 0.3) is 0 Å². The number of esters is 1. The van der Waals surface area contributed by atoms with Crippen molar-refractivity contribution in [1.29, 1.82) is 0 Å². The number of nitrogen functional groups attached to an aromatic ring is 1. The van der Waals surface area contributed by atoms with Gasteiger partial charge in [0.2, 0.25) is 0 Å². The second-order valence-corrected chi connectivity index (χ2v) is 4.16. The molecule has 0 aliphatic heterocycles. The van der Waals surface area contributed by atoms with E-state index in [-0.39, 0.29) is 5.97 Å². The summed E-state index contributed by atoms with van der Waals surface area (Å²) in [6.07, 6.45) is 0. The number of nitrogens with two attached hydrogens (primary N) is 1. The minimum atomic E-state index is -0.368. The smallest absolute Gasteiger partial charge is 0.339 e. The van der Waals surface area contributed by atoms with Crippen LogP contribution in [0.1, 0.15) is 10.4 Å². The molecule has 0 fully saturated rings. The molecule has 2 N–H and O–H groups in total. The van der Waals surface area contributed by atoms with Gasteiger partial charge in [0.25, 0.3) is 0 Å². The Kier molecular flexibility index (Phi) is 5.14. The molecular weight excluding hydrogens is 226 g/mol. The first-order valence-electron chi connectivity index (χ1n) is 4.79. The van der Waals surface area contributed by atoms with Crippen LogP contribution in [0.4, 0.5) is 5.69 Å². The molecule has 1 aromatic rings. The minimum absolute atomic E-state index is 0.368. The lowest BCUT2D eigenvalue weighted by Gasteiger charge is -2.09. The molecule has 5 heteroatoms. The SMILES string of the molecule is COCCSc1c(N)cccc1C(=O)OC. The molecule has 16 heavy (non-hydrogen) atoms. The fraction of sp³-hybridized carbons (Fsp3) is 0.364. The van der Waals surface area contributed by atoms with Crippen LogP contribution in [0.2, 0.25) is 0 Å². The van der Waals surface area contributed by atoms with Crippen molar-refractivity contribution in [2.24, 2.45) is 0 Å². The molecule has 1 aromatic carbocycles. The van der Waals surface area contributed by atoms with Crippen molar-refractivity contribution >= 4 is 23.4 Å². The number of rotatable bonds is 5. The second kappa shape index (κ2) is 6.40. The van der Waals surface area contributed by atoms with E-state index in [9.17, 15) is 4.79 Å². The lowest BCUT2D eigenvalue weighted by molar-refractivity contribution is 0.0597. The van der Waals surface area contributed by atoms with E-state index in [0.717, 1.165) is 10.6 Å². The van der Waals surface area contributed by atoms with Crippen LogP contribution in [0.5, 0.6) is 0 Å². The lowest BCUT2D eigenvalue weighted by Crippen LogP contribution is -2.06. The first-order valence-corrected chi connectivity index (χ1v) is 5.77. The van der Waals surface area contributed by atoms with Crippen LogP contribution < -0.4 is 5.73 Å². The molecular formula is C11H15NO3S. The first-order chi connectivity index (χ1) is 7.70. The topological polar surface area (TPSA) is 61.5 Å². The predicted molar refractivity (Wildman–Crippen MR) is 64.8 cm³/mol. The summed E-state index contributed by atoms with van der Waals surface area (Å²) in [7, 11) is 2.99. The second-order valence-electron chi connectivity index (χ2n) is 3.06. The van der Waals surface area contributed by atoms with Crippen LogP contribution >= 0.6 is 11.8 Å². The number of ether oxygens (including phenoxy) is 2. The largest absolute Gasteiger partial charge is 0.465 e. The van der Waals surface area contributed by atoms with Gasteiger partial charge in [-0.2, -0.15) is 0 Å². The third-order valence-electron chi connectivity index (χ3n) is 1.98. The molecule has 0 amide bonds. The summed E-state index contributed by atoms with van der Waals surface area (Å²) in [6, 6.07) is 5.21. The van der Waals surface area contributed by atoms with E-state index in [2.05, 4.69) is 0 Å². The standard InChI is InChI=1S/C11H15NO3S/c1-14-6-7-16-10-8(11(13)15-2)4-3-5-9(10)12/h3-5H,6-7,12H2,1-2H3. The average Bonchev–Trinajstić information content (AvgIpc) is 2.30. The van der Waals surface area contributed by atoms with Crippen LogP contribution in [-0.4, -0.2) is 32.5 Å². The third-order valence-corrected chi connectivity index (χ3v) is 3.10. The highest BCUT2D eigenvalue weighted by molar-refractivity contribution is 7.99. The van der Waals surface area contributed by atoms with Crippen LogP contribution in [-0.2, 0) is 9.47 Å². The molecule has 0 atom stereocenters. The Morgan fingerprint density at radius 1 is 1.44 bits per heavy atom. The maximum atomic E-state index is 11.5. The van der Waals surface area contributed by atoms with Crippen molar-refractivity contribution in [2.75, 3.05) is 32.3 Å². The zero-order valence-electron chi connectivity index (χ0n) is 9.36. The van der Waals surface area contributed by atoms with Crippen LogP contribution in [0, 0.1) is 0 Å².